The normalized spacial score (nSPS) is 11.0. The molecule has 0 aliphatic heterocycles. The molecule has 118 valence electrons. The Kier molecular flexibility index (Phi) is 4.84. The monoisotopic (exact) mass is 345 g/mol. The number of hydrogen-bond acceptors (Lipinski definition) is 6. The van der Waals surface area contributed by atoms with Crippen molar-refractivity contribution in [2.75, 3.05) is 12.1 Å². The van der Waals surface area contributed by atoms with Crippen LogP contribution in [0.25, 0.3) is 11.4 Å². The van der Waals surface area contributed by atoms with Crippen LogP contribution in [-0.4, -0.2) is 27.7 Å². The third kappa shape index (κ3) is 3.66. The minimum Gasteiger partial charge on any atom is -0.494 e. The molecule has 0 saturated carbocycles. The van der Waals surface area contributed by atoms with Gasteiger partial charge in [-0.3, -0.25) is 0 Å². The average Bonchev–Trinajstić information content (AvgIpc) is 3.20. The SMILES string of the molecule is CCOc1ccc(-c2n[nH]c(=S)n2N/N=C\c2cccs2)cc1. The largest absolute Gasteiger partial charge is 0.494 e. The summed E-state index contributed by atoms with van der Waals surface area (Å²) >= 11 is 6.85. The highest BCUT2D eigenvalue weighted by Crippen LogP contribution is 2.20. The van der Waals surface area contributed by atoms with E-state index in [0.717, 1.165) is 16.2 Å². The van der Waals surface area contributed by atoms with Gasteiger partial charge in [0.1, 0.15) is 5.75 Å². The zero-order valence-electron chi connectivity index (χ0n) is 12.4. The molecular weight excluding hydrogens is 330 g/mol. The molecule has 0 atom stereocenters. The number of nitrogens with one attached hydrogen (secondary N) is 2. The lowest BCUT2D eigenvalue weighted by molar-refractivity contribution is 0.340. The predicted molar refractivity (Wildman–Crippen MR) is 95.3 cm³/mol. The number of ether oxygens (including phenoxy) is 1. The highest BCUT2D eigenvalue weighted by molar-refractivity contribution is 7.71. The van der Waals surface area contributed by atoms with Crippen LogP contribution in [0.15, 0.2) is 46.9 Å². The third-order valence-corrected chi connectivity index (χ3v) is 4.07. The Balaban J connectivity index is 1.82. The molecule has 2 N–H and O–H groups in total. The quantitative estimate of drug-likeness (QED) is 0.407. The highest BCUT2D eigenvalue weighted by Gasteiger charge is 2.08. The molecule has 0 aliphatic carbocycles. The Morgan fingerprint density at radius 1 is 1.39 bits per heavy atom. The zero-order valence-corrected chi connectivity index (χ0v) is 14.0. The Morgan fingerprint density at radius 2 is 2.22 bits per heavy atom. The second-order valence-electron chi connectivity index (χ2n) is 4.52. The van der Waals surface area contributed by atoms with Gasteiger partial charge < -0.3 is 4.74 Å². The van der Waals surface area contributed by atoms with E-state index in [1.165, 1.54) is 0 Å². The van der Waals surface area contributed by atoms with Gasteiger partial charge >= 0.3 is 0 Å². The summed E-state index contributed by atoms with van der Waals surface area (Å²) in [4.78, 5) is 1.05. The first kappa shape index (κ1) is 15.4. The van der Waals surface area contributed by atoms with Gasteiger partial charge in [-0.05, 0) is 54.9 Å². The van der Waals surface area contributed by atoms with Crippen LogP contribution >= 0.6 is 23.6 Å². The average molecular weight is 345 g/mol. The van der Waals surface area contributed by atoms with E-state index in [1.807, 2.05) is 48.7 Å². The van der Waals surface area contributed by atoms with Crippen LogP contribution < -0.4 is 10.3 Å². The Bertz CT molecular complexity index is 834. The Hall–Kier alpha value is -2.45. The molecular formula is C15H15N5OS2. The number of hydrogen-bond donors (Lipinski definition) is 2. The van der Waals surface area contributed by atoms with Crippen LogP contribution in [0.5, 0.6) is 5.75 Å². The summed E-state index contributed by atoms with van der Waals surface area (Å²) in [5, 5.41) is 13.2. The van der Waals surface area contributed by atoms with Crippen molar-refractivity contribution < 1.29 is 4.74 Å². The third-order valence-electron chi connectivity index (χ3n) is 2.99. The summed E-state index contributed by atoms with van der Waals surface area (Å²) in [5.74, 6) is 1.47. The lowest BCUT2D eigenvalue weighted by Gasteiger charge is -2.06. The summed E-state index contributed by atoms with van der Waals surface area (Å²) in [5.41, 5.74) is 3.80. The Labute approximate surface area is 142 Å². The topological polar surface area (TPSA) is 67.2 Å². The van der Waals surface area contributed by atoms with Gasteiger partial charge in [-0.25, -0.2) is 10.6 Å². The number of rotatable bonds is 6. The van der Waals surface area contributed by atoms with Gasteiger partial charge in [-0.2, -0.15) is 14.9 Å². The molecule has 3 aromatic rings. The fourth-order valence-corrected chi connectivity index (χ4v) is 2.72. The molecule has 8 heteroatoms. The summed E-state index contributed by atoms with van der Waals surface area (Å²) in [6.07, 6.45) is 1.74. The number of aromatic amines is 1. The van der Waals surface area contributed by atoms with Gasteiger partial charge in [-0.1, -0.05) is 6.07 Å². The van der Waals surface area contributed by atoms with E-state index in [0.29, 0.717) is 17.2 Å². The lowest BCUT2D eigenvalue weighted by Crippen LogP contribution is -2.10. The van der Waals surface area contributed by atoms with Crippen LogP contribution in [0.4, 0.5) is 0 Å². The van der Waals surface area contributed by atoms with Crippen LogP contribution in [0, 0.1) is 4.77 Å². The molecule has 2 heterocycles. The number of thiophene rings is 1. The maximum Gasteiger partial charge on any atom is 0.216 e. The van der Waals surface area contributed by atoms with Crippen molar-refractivity contribution in [3.8, 4) is 17.1 Å². The maximum absolute atomic E-state index is 5.44. The minimum atomic E-state index is 0.442. The van der Waals surface area contributed by atoms with Crippen molar-refractivity contribution >= 4 is 29.8 Å². The summed E-state index contributed by atoms with van der Waals surface area (Å²) < 4.78 is 7.51. The molecule has 0 amide bonds. The molecule has 3 rings (SSSR count). The lowest BCUT2D eigenvalue weighted by atomic mass is 10.2. The summed E-state index contributed by atoms with van der Waals surface area (Å²) in [7, 11) is 0. The minimum absolute atomic E-state index is 0.442. The maximum atomic E-state index is 5.44. The molecule has 0 aliphatic rings. The molecule has 6 nitrogen and oxygen atoms in total. The van der Waals surface area contributed by atoms with E-state index >= 15 is 0 Å². The number of aromatic nitrogens is 3. The first-order chi connectivity index (χ1) is 11.3. The van der Waals surface area contributed by atoms with E-state index in [-0.39, 0.29) is 0 Å². The fourth-order valence-electron chi connectivity index (χ4n) is 1.97. The van der Waals surface area contributed by atoms with E-state index in [9.17, 15) is 0 Å². The fraction of sp³-hybridized carbons (Fsp3) is 0.133. The predicted octanol–water partition coefficient (Wildman–Crippen LogP) is 3.65. The van der Waals surface area contributed by atoms with Gasteiger partial charge in [0.15, 0.2) is 5.82 Å². The van der Waals surface area contributed by atoms with Gasteiger partial charge in [0.25, 0.3) is 0 Å². The van der Waals surface area contributed by atoms with Crippen molar-refractivity contribution in [2.24, 2.45) is 5.10 Å². The first-order valence-electron chi connectivity index (χ1n) is 7.01. The van der Waals surface area contributed by atoms with Gasteiger partial charge in [0.2, 0.25) is 4.77 Å². The van der Waals surface area contributed by atoms with Crippen LogP contribution in [-0.2, 0) is 0 Å². The van der Waals surface area contributed by atoms with Gasteiger partial charge in [0, 0.05) is 10.4 Å². The Morgan fingerprint density at radius 3 is 2.91 bits per heavy atom. The van der Waals surface area contributed by atoms with Crippen molar-refractivity contribution in [3.05, 3.63) is 51.4 Å². The van der Waals surface area contributed by atoms with E-state index < -0.39 is 0 Å². The molecule has 2 aromatic heterocycles. The van der Waals surface area contributed by atoms with Crippen molar-refractivity contribution in [1.82, 2.24) is 14.9 Å². The highest BCUT2D eigenvalue weighted by atomic mass is 32.1. The van der Waals surface area contributed by atoms with Crippen LogP contribution in [0.2, 0.25) is 0 Å². The number of hydrazone groups is 1. The second-order valence-corrected chi connectivity index (χ2v) is 5.88. The molecule has 0 fully saturated rings. The van der Waals surface area contributed by atoms with Gasteiger partial charge in [-0.15, -0.1) is 11.3 Å². The molecule has 0 unspecified atom stereocenters. The standard InChI is InChI=1S/C15H15N5OS2/c1-2-21-12-7-5-11(6-8-12)14-17-18-15(22)20(14)19-16-10-13-4-3-9-23-13/h3-10,19H,2H2,1H3,(H,18,22)/b16-10-. The van der Waals surface area contributed by atoms with Crippen molar-refractivity contribution in [3.63, 3.8) is 0 Å². The smallest absolute Gasteiger partial charge is 0.216 e. The van der Waals surface area contributed by atoms with Crippen molar-refractivity contribution in [2.45, 2.75) is 6.92 Å². The second kappa shape index (κ2) is 7.21. The van der Waals surface area contributed by atoms with E-state index in [2.05, 4.69) is 20.8 Å². The number of nitrogens with zero attached hydrogens (tertiary/aromatic N) is 3. The van der Waals surface area contributed by atoms with E-state index in [4.69, 9.17) is 17.0 Å². The molecule has 0 bridgehead atoms. The first-order valence-corrected chi connectivity index (χ1v) is 8.30. The summed E-state index contributed by atoms with van der Waals surface area (Å²) in [6, 6.07) is 11.6. The van der Waals surface area contributed by atoms with Gasteiger partial charge in [0.05, 0.1) is 12.8 Å². The van der Waals surface area contributed by atoms with Crippen molar-refractivity contribution in [1.29, 1.82) is 0 Å². The van der Waals surface area contributed by atoms with Crippen LogP contribution in [0.1, 0.15) is 11.8 Å². The molecule has 0 saturated heterocycles. The molecule has 0 spiro atoms. The van der Waals surface area contributed by atoms with Crippen LogP contribution in [0.3, 0.4) is 0 Å². The number of benzene rings is 1. The van der Waals surface area contributed by atoms with E-state index in [1.54, 1.807) is 22.2 Å². The zero-order chi connectivity index (χ0) is 16.1. The summed E-state index contributed by atoms with van der Waals surface area (Å²) in [6.45, 7) is 2.59. The number of H-pyrrole nitrogens is 1. The molecule has 1 aromatic carbocycles. The molecule has 23 heavy (non-hydrogen) atoms. The molecule has 0 radical (unpaired) electrons.